The zero-order valence-corrected chi connectivity index (χ0v) is 17.0. The van der Waals surface area contributed by atoms with Crippen LogP contribution in [0.5, 0.6) is 0 Å². The molecule has 11 heteroatoms. The minimum Gasteiger partial charge on any atom is -0.324 e. The van der Waals surface area contributed by atoms with Gasteiger partial charge in [0.05, 0.1) is 22.9 Å². The van der Waals surface area contributed by atoms with Crippen LogP contribution in [0.15, 0.2) is 49.1 Å². The number of benzene rings is 1. The van der Waals surface area contributed by atoms with Gasteiger partial charge in [0.2, 0.25) is 5.91 Å². The number of amides is 1. The first-order chi connectivity index (χ1) is 13.7. The van der Waals surface area contributed by atoms with E-state index in [0.717, 1.165) is 25.2 Å². The monoisotopic (exact) mass is 434 g/mol. The number of halogens is 2. The Labute approximate surface area is 178 Å². The van der Waals surface area contributed by atoms with Crippen LogP contribution < -0.4 is 10.6 Å². The second-order valence-electron chi connectivity index (χ2n) is 6.44. The average molecular weight is 435 g/mol. The molecule has 9 nitrogen and oxygen atoms in total. The highest BCUT2D eigenvalue weighted by Crippen LogP contribution is 2.25. The summed E-state index contributed by atoms with van der Waals surface area (Å²) in [5, 5.41) is 17.8. The van der Waals surface area contributed by atoms with Crippen LogP contribution in [0.2, 0.25) is 5.02 Å². The third kappa shape index (κ3) is 5.07. The molecule has 0 bridgehead atoms. The minimum atomic E-state index is -0.133. The fourth-order valence-electron chi connectivity index (χ4n) is 3.24. The molecule has 29 heavy (non-hydrogen) atoms. The van der Waals surface area contributed by atoms with Crippen LogP contribution in [0.1, 0.15) is 11.6 Å². The quantitative estimate of drug-likeness (QED) is 0.630. The van der Waals surface area contributed by atoms with Crippen LogP contribution in [0.3, 0.4) is 0 Å². The van der Waals surface area contributed by atoms with Gasteiger partial charge in [-0.05, 0) is 40.3 Å². The second kappa shape index (κ2) is 9.75. The van der Waals surface area contributed by atoms with E-state index in [-0.39, 0.29) is 30.9 Å². The van der Waals surface area contributed by atoms with E-state index in [1.807, 2.05) is 18.3 Å². The first kappa shape index (κ1) is 21.1. The van der Waals surface area contributed by atoms with Gasteiger partial charge in [0.1, 0.15) is 6.33 Å². The molecule has 1 saturated heterocycles. The van der Waals surface area contributed by atoms with Crippen LogP contribution in [-0.4, -0.2) is 62.2 Å². The topological polar surface area (TPSA) is 101 Å². The summed E-state index contributed by atoms with van der Waals surface area (Å²) in [5.41, 5.74) is 2.31. The lowest BCUT2D eigenvalue weighted by Crippen LogP contribution is -2.48. The Balaban J connectivity index is 0.00000240. The molecule has 0 saturated carbocycles. The maximum Gasteiger partial charge on any atom is 0.238 e. The van der Waals surface area contributed by atoms with Crippen LogP contribution in [0.25, 0.3) is 5.69 Å². The summed E-state index contributed by atoms with van der Waals surface area (Å²) in [5.74, 6) is -0.133. The highest BCUT2D eigenvalue weighted by Gasteiger charge is 2.25. The minimum absolute atomic E-state index is 0. The van der Waals surface area contributed by atoms with Gasteiger partial charge in [-0.1, -0.05) is 17.7 Å². The smallest absolute Gasteiger partial charge is 0.238 e. The molecule has 2 N–H and O–H groups in total. The Morgan fingerprint density at radius 3 is 3.00 bits per heavy atom. The molecule has 3 aromatic rings. The van der Waals surface area contributed by atoms with Gasteiger partial charge in [0, 0.05) is 38.1 Å². The van der Waals surface area contributed by atoms with Gasteiger partial charge in [-0.15, -0.1) is 17.5 Å². The molecule has 1 aliphatic heterocycles. The van der Waals surface area contributed by atoms with Crippen molar-refractivity contribution in [2.24, 2.45) is 0 Å². The number of carbonyl (C=O) groups is 1. The molecule has 1 amide bonds. The van der Waals surface area contributed by atoms with Gasteiger partial charge < -0.3 is 10.6 Å². The average Bonchev–Trinajstić information content (AvgIpc) is 3.25. The van der Waals surface area contributed by atoms with Gasteiger partial charge in [-0.3, -0.25) is 14.7 Å². The summed E-state index contributed by atoms with van der Waals surface area (Å²) in [7, 11) is 0. The predicted octanol–water partition coefficient (Wildman–Crippen LogP) is 1.72. The van der Waals surface area contributed by atoms with Crippen molar-refractivity contribution in [3.05, 3.63) is 59.6 Å². The van der Waals surface area contributed by atoms with Crippen LogP contribution in [0, 0.1) is 0 Å². The third-order valence-corrected chi connectivity index (χ3v) is 4.94. The van der Waals surface area contributed by atoms with Crippen molar-refractivity contribution >= 4 is 35.6 Å². The maximum absolute atomic E-state index is 12.7. The Hall–Kier alpha value is -2.59. The first-order valence-corrected chi connectivity index (χ1v) is 9.26. The number of nitrogens with one attached hydrogen (secondary N) is 2. The largest absolute Gasteiger partial charge is 0.324 e. The number of hydrogen-bond acceptors (Lipinski definition) is 7. The fraction of sp³-hybridized carbons (Fsp3) is 0.278. The Morgan fingerprint density at radius 2 is 2.24 bits per heavy atom. The van der Waals surface area contributed by atoms with E-state index in [9.17, 15) is 4.79 Å². The molecule has 2 aromatic heterocycles. The summed E-state index contributed by atoms with van der Waals surface area (Å²) in [6, 6.07) is 9.26. The summed E-state index contributed by atoms with van der Waals surface area (Å²) < 4.78 is 1.50. The second-order valence-corrected chi connectivity index (χ2v) is 6.85. The Kier molecular flexibility index (Phi) is 7.10. The van der Waals surface area contributed by atoms with Crippen molar-refractivity contribution in [3.8, 4) is 5.69 Å². The van der Waals surface area contributed by atoms with Crippen molar-refractivity contribution in [2.45, 2.75) is 6.04 Å². The van der Waals surface area contributed by atoms with Gasteiger partial charge in [0.25, 0.3) is 0 Å². The molecular formula is C18H20Cl2N8O. The van der Waals surface area contributed by atoms with Crippen molar-refractivity contribution < 1.29 is 4.79 Å². The van der Waals surface area contributed by atoms with Gasteiger partial charge >= 0.3 is 0 Å². The molecule has 0 radical (unpaired) electrons. The molecule has 1 atom stereocenters. The van der Waals surface area contributed by atoms with Crippen LogP contribution in [-0.2, 0) is 4.79 Å². The van der Waals surface area contributed by atoms with E-state index in [4.69, 9.17) is 11.6 Å². The Bertz CT molecular complexity index is 938. The lowest BCUT2D eigenvalue weighted by molar-refractivity contribution is -0.118. The highest BCUT2D eigenvalue weighted by atomic mass is 35.5. The number of anilines is 1. The van der Waals surface area contributed by atoms with E-state index in [2.05, 4.69) is 36.0 Å². The SMILES string of the molecule is Cl.O=C(CN1CCNCC1c1cccnc1)Nc1cc(-n2cnnn2)ccc1Cl. The van der Waals surface area contributed by atoms with Crippen LogP contribution >= 0.6 is 24.0 Å². The summed E-state index contributed by atoms with van der Waals surface area (Å²) in [6.07, 6.45) is 5.07. The van der Waals surface area contributed by atoms with Crippen molar-refractivity contribution in [1.29, 1.82) is 0 Å². The molecule has 152 valence electrons. The number of pyridine rings is 1. The molecule has 1 aliphatic rings. The molecule has 0 aliphatic carbocycles. The van der Waals surface area contributed by atoms with Crippen molar-refractivity contribution in [3.63, 3.8) is 0 Å². The lowest BCUT2D eigenvalue weighted by Gasteiger charge is -2.35. The zero-order chi connectivity index (χ0) is 19.3. The van der Waals surface area contributed by atoms with E-state index in [1.165, 1.54) is 11.0 Å². The maximum atomic E-state index is 12.7. The van der Waals surface area contributed by atoms with Gasteiger partial charge in [0.15, 0.2) is 0 Å². The van der Waals surface area contributed by atoms with Gasteiger partial charge in [-0.25, -0.2) is 4.68 Å². The van der Waals surface area contributed by atoms with E-state index in [1.54, 1.807) is 24.4 Å². The van der Waals surface area contributed by atoms with E-state index in [0.29, 0.717) is 16.4 Å². The molecular weight excluding hydrogens is 415 g/mol. The predicted molar refractivity (Wildman–Crippen MR) is 111 cm³/mol. The molecule has 0 spiro atoms. The summed E-state index contributed by atoms with van der Waals surface area (Å²) in [4.78, 5) is 19.0. The van der Waals surface area contributed by atoms with Crippen LogP contribution in [0.4, 0.5) is 5.69 Å². The summed E-state index contributed by atoms with van der Waals surface area (Å²) >= 11 is 6.26. The number of carbonyl (C=O) groups excluding carboxylic acids is 1. The molecule has 1 unspecified atom stereocenters. The number of tetrazole rings is 1. The molecule has 3 heterocycles. The Morgan fingerprint density at radius 1 is 1.34 bits per heavy atom. The zero-order valence-electron chi connectivity index (χ0n) is 15.4. The van der Waals surface area contributed by atoms with Crippen molar-refractivity contribution in [1.82, 2.24) is 35.4 Å². The first-order valence-electron chi connectivity index (χ1n) is 8.88. The number of hydrogen-bond donors (Lipinski definition) is 2. The van der Waals surface area contributed by atoms with Gasteiger partial charge in [-0.2, -0.15) is 0 Å². The molecule has 1 aromatic carbocycles. The third-order valence-electron chi connectivity index (χ3n) is 4.61. The van der Waals surface area contributed by atoms with E-state index < -0.39 is 0 Å². The fourth-order valence-corrected chi connectivity index (χ4v) is 3.41. The van der Waals surface area contributed by atoms with E-state index >= 15 is 0 Å². The number of rotatable bonds is 5. The standard InChI is InChI=1S/C18H19ClN8O.ClH/c19-15-4-3-14(27-12-22-24-25-27)8-16(15)23-18(28)11-26-7-6-21-10-17(26)13-2-1-5-20-9-13;/h1-5,8-9,12,17,21H,6-7,10-11H2,(H,23,28);1H. The number of piperazine rings is 1. The summed E-state index contributed by atoms with van der Waals surface area (Å²) in [6.45, 7) is 2.63. The number of nitrogens with zero attached hydrogens (tertiary/aromatic N) is 6. The normalized spacial score (nSPS) is 16.8. The number of aromatic nitrogens is 5. The van der Waals surface area contributed by atoms with Crippen molar-refractivity contribution in [2.75, 3.05) is 31.5 Å². The molecule has 1 fully saturated rings. The highest BCUT2D eigenvalue weighted by molar-refractivity contribution is 6.33. The lowest BCUT2D eigenvalue weighted by atomic mass is 10.1. The molecule has 4 rings (SSSR count).